The maximum Gasteiger partial charge on any atom is 0.435 e. The van der Waals surface area contributed by atoms with Crippen LogP contribution in [-0.4, -0.2) is 26.3 Å². The Balaban J connectivity index is 2.36. The van der Waals surface area contributed by atoms with E-state index in [0.29, 0.717) is 23.9 Å². The quantitative estimate of drug-likeness (QED) is 0.922. The lowest BCUT2D eigenvalue weighted by molar-refractivity contribution is -0.141. The van der Waals surface area contributed by atoms with Crippen molar-refractivity contribution in [1.82, 2.24) is 19.7 Å². The van der Waals surface area contributed by atoms with Gasteiger partial charge in [-0.15, -0.1) is 0 Å². The Bertz CT molecular complexity index is 606. The summed E-state index contributed by atoms with van der Waals surface area (Å²) in [6.45, 7) is 4.62. The van der Waals surface area contributed by atoms with Gasteiger partial charge in [-0.2, -0.15) is 18.3 Å². The Morgan fingerprint density at radius 3 is 2.57 bits per heavy atom. The summed E-state index contributed by atoms with van der Waals surface area (Å²) >= 11 is 0. The fourth-order valence-electron chi connectivity index (χ4n) is 1.70. The molecule has 5 nitrogen and oxygen atoms in total. The first-order valence-electron chi connectivity index (χ1n) is 6.69. The van der Waals surface area contributed by atoms with Gasteiger partial charge >= 0.3 is 6.18 Å². The number of nitrogens with one attached hydrogen (secondary N) is 1. The standard InChI is InChI=1S/C13H16F3N5/c1-3-6-17-11-8-12(19-10(4-2)18-11)21-7-5-9(20-21)13(14,15)16/h5,7-8H,3-4,6H2,1-2H3,(H,17,18,19). The van der Waals surface area contributed by atoms with E-state index in [-0.39, 0.29) is 0 Å². The van der Waals surface area contributed by atoms with Crippen molar-refractivity contribution in [3.8, 4) is 5.82 Å². The minimum atomic E-state index is -4.46. The summed E-state index contributed by atoms with van der Waals surface area (Å²) in [5.41, 5.74) is -0.942. The first-order chi connectivity index (χ1) is 9.94. The normalized spacial score (nSPS) is 11.7. The Morgan fingerprint density at radius 2 is 2.00 bits per heavy atom. The first-order valence-corrected chi connectivity index (χ1v) is 6.69. The summed E-state index contributed by atoms with van der Waals surface area (Å²) in [5.74, 6) is 1.45. The molecule has 0 saturated carbocycles. The molecule has 2 heterocycles. The Hall–Kier alpha value is -2.12. The van der Waals surface area contributed by atoms with Gasteiger partial charge in [0.05, 0.1) is 0 Å². The molecule has 0 fully saturated rings. The van der Waals surface area contributed by atoms with E-state index in [9.17, 15) is 13.2 Å². The van der Waals surface area contributed by atoms with Gasteiger partial charge in [0.15, 0.2) is 11.5 Å². The highest BCUT2D eigenvalue weighted by Gasteiger charge is 2.33. The number of hydrogen-bond acceptors (Lipinski definition) is 4. The highest BCUT2D eigenvalue weighted by atomic mass is 19.4. The zero-order valence-electron chi connectivity index (χ0n) is 11.8. The van der Waals surface area contributed by atoms with Crippen LogP contribution in [0.15, 0.2) is 18.3 Å². The van der Waals surface area contributed by atoms with Crippen molar-refractivity contribution in [2.24, 2.45) is 0 Å². The number of alkyl halides is 3. The van der Waals surface area contributed by atoms with Crippen LogP contribution in [0.25, 0.3) is 5.82 Å². The predicted molar refractivity (Wildman–Crippen MR) is 72.3 cm³/mol. The van der Waals surface area contributed by atoms with Gasteiger partial charge in [-0.1, -0.05) is 13.8 Å². The second kappa shape index (κ2) is 6.11. The summed E-state index contributed by atoms with van der Waals surface area (Å²) in [6.07, 6.45) is -1.72. The van der Waals surface area contributed by atoms with Crippen LogP contribution in [0.5, 0.6) is 0 Å². The van der Waals surface area contributed by atoms with E-state index in [2.05, 4.69) is 20.4 Å². The smallest absolute Gasteiger partial charge is 0.370 e. The van der Waals surface area contributed by atoms with Gasteiger partial charge in [0, 0.05) is 25.2 Å². The number of anilines is 1. The van der Waals surface area contributed by atoms with Crippen molar-refractivity contribution in [2.45, 2.75) is 32.9 Å². The lowest BCUT2D eigenvalue weighted by atomic mass is 10.4. The maximum absolute atomic E-state index is 12.6. The van der Waals surface area contributed by atoms with E-state index in [1.807, 2.05) is 13.8 Å². The maximum atomic E-state index is 12.6. The molecule has 114 valence electrons. The van der Waals surface area contributed by atoms with Crippen LogP contribution in [0.4, 0.5) is 19.0 Å². The molecular formula is C13H16F3N5. The molecule has 0 saturated heterocycles. The molecule has 0 bridgehead atoms. The molecule has 0 aromatic carbocycles. The summed E-state index contributed by atoms with van der Waals surface area (Å²) in [7, 11) is 0. The minimum Gasteiger partial charge on any atom is -0.370 e. The van der Waals surface area contributed by atoms with E-state index < -0.39 is 11.9 Å². The molecule has 21 heavy (non-hydrogen) atoms. The van der Waals surface area contributed by atoms with E-state index in [0.717, 1.165) is 23.7 Å². The topological polar surface area (TPSA) is 55.6 Å². The monoisotopic (exact) mass is 299 g/mol. The van der Waals surface area contributed by atoms with Gasteiger partial charge < -0.3 is 5.32 Å². The molecule has 2 rings (SSSR count). The van der Waals surface area contributed by atoms with Crippen LogP contribution >= 0.6 is 0 Å². The fourth-order valence-corrected chi connectivity index (χ4v) is 1.70. The number of hydrogen-bond donors (Lipinski definition) is 1. The molecular weight excluding hydrogens is 283 g/mol. The van der Waals surface area contributed by atoms with Crippen molar-refractivity contribution in [3.05, 3.63) is 29.8 Å². The average molecular weight is 299 g/mol. The molecule has 0 spiro atoms. The van der Waals surface area contributed by atoms with Gasteiger partial charge in [0.1, 0.15) is 11.6 Å². The summed E-state index contributed by atoms with van der Waals surface area (Å²) in [6, 6.07) is 2.51. The van der Waals surface area contributed by atoms with Crippen LogP contribution in [-0.2, 0) is 12.6 Å². The van der Waals surface area contributed by atoms with Crippen molar-refractivity contribution < 1.29 is 13.2 Å². The molecule has 0 radical (unpaired) electrons. The molecule has 2 aromatic rings. The third kappa shape index (κ3) is 3.71. The second-order valence-corrected chi connectivity index (χ2v) is 4.45. The largest absolute Gasteiger partial charge is 0.435 e. The molecule has 0 atom stereocenters. The zero-order valence-corrected chi connectivity index (χ0v) is 11.8. The molecule has 0 aliphatic rings. The number of aromatic nitrogens is 4. The lowest BCUT2D eigenvalue weighted by Gasteiger charge is -2.09. The molecule has 0 unspecified atom stereocenters. The van der Waals surface area contributed by atoms with E-state index >= 15 is 0 Å². The highest BCUT2D eigenvalue weighted by molar-refractivity contribution is 5.41. The van der Waals surface area contributed by atoms with Crippen LogP contribution < -0.4 is 5.32 Å². The minimum absolute atomic E-state index is 0.316. The molecule has 0 amide bonds. The third-order valence-electron chi connectivity index (χ3n) is 2.75. The van der Waals surface area contributed by atoms with Crippen LogP contribution in [0.1, 0.15) is 31.8 Å². The van der Waals surface area contributed by atoms with Gasteiger partial charge in [-0.05, 0) is 12.5 Å². The molecule has 2 aromatic heterocycles. The summed E-state index contributed by atoms with van der Waals surface area (Å²) < 4.78 is 38.9. The summed E-state index contributed by atoms with van der Waals surface area (Å²) in [4.78, 5) is 8.49. The van der Waals surface area contributed by atoms with Gasteiger partial charge in [-0.25, -0.2) is 14.6 Å². The van der Waals surface area contributed by atoms with Crippen molar-refractivity contribution in [1.29, 1.82) is 0 Å². The zero-order chi connectivity index (χ0) is 15.5. The Kier molecular flexibility index (Phi) is 4.44. The van der Waals surface area contributed by atoms with Crippen LogP contribution in [0.3, 0.4) is 0 Å². The molecule has 1 N–H and O–H groups in total. The molecule has 0 aliphatic heterocycles. The summed E-state index contributed by atoms with van der Waals surface area (Å²) in [5, 5.41) is 6.62. The SMILES string of the molecule is CCCNc1cc(-n2ccc(C(F)(F)F)n2)nc(CC)n1. The number of rotatable bonds is 5. The lowest BCUT2D eigenvalue weighted by Crippen LogP contribution is -2.10. The van der Waals surface area contributed by atoms with Crippen molar-refractivity contribution >= 4 is 5.82 Å². The van der Waals surface area contributed by atoms with Crippen molar-refractivity contribution in [3.63, 3.8) is 0 Å². The Morgan fingerprint density at radius 1 is 1.24 bits per heavy atom. The fraction of sp³-hybridized carbons (Fsp3) is 0.462. The van der Waals surface area contributed by atoms with Gasteiger partial charge in [0.25, 0.3) is 0 Å². The van der Waals surface area contributed by atoms with Crippen LogP contribution in [0, 0.1) is 0 Å². The van der Waals surface area contributed by atoms with E-state index in [1.165, 1.54) is 6.20 Å². The predicted octanol–water partition coefficient (Wildman–Crippen LogP) is 3.07. The highest BCUT2D eigenvalue weighted by Crippen LogP contribution is 2.27. The van der Waals surface area contributed by atoms with E-state index in [1.54, 1.807) is 6.07 Å². The number of halogens is 3. The first kappa shape index (κ1) is 15.3. The van der Waals surface area contributed by atoms with Crippen LogP contribution in [0.2, 0.25) is 0 Å². The average Bonchev–Trinajstić information content (AvgIpc) is 2.94. The van der Waals surface area contributed by atoms with E-state index in [4.69, 9.17) is 0 Å². The van der Waals surface area contributed by atoms with Gasteiger partial charge in [0.2, 0.25) is 0 Å². The number of aryl methyl sites for hydroxylation is 1. The molecule has 0 aliphatic carbocycles. The van der Waals surface area contributed by atoms with Gasteiger partial charge in [-0.3, -0.25) is 0 Å². The molecule has 8 heteroatoms. The third-order valence-corrected chi connectivity index (χ3v) is 2.75. The Labute approximate surface area is 120 Å². The second-order valence-electron chi connectivity index (χ2n) is 4.45. The van der Waals surface area contributed by atoms with Crippen molar-refractivity contribution in [2.75, 3.05) is 11.9 Å². The number of nitrogens with zero attached hydrogens (tertiary/aromatic N) is 4.